The van der Waals surface area contributed by atoms with Gasteiger partial charge < -0.3 is 10.2 Å². The Balaban J connectivity index is 2.00. The Bertz CT molecular complexity index is 1120. The normalized spacial score (nSPS) is 11.3. The van der Waals surface area contributed by atoms with Gasteiger partial charge in [-0.15, -0.1) is 0 Å². The molecule has 0 fully saturated rings. The predicted octanol–water partition coefficient (Wildman–Crippen LogP) is 4.15. The molecule has 2 heterocycles. The van der Waals surface area contributed by atoms with E-state index in [9.17, 15) is 26.7 Å². The number of anilines is 1. The van der Waals surface area contributed by atoms with Crippen LogP contribution in [0.3, 0.4) is 0 Å². The Morgan fingerprint density at radius 3 is 2.45 bits per heavy atom. The van der Waals surface area contributed by atoms with Crippen LogP contribution in [0, 0.1) is 11.6 Å². The number of carbonyl (C=O) groups excluding carboxylic acids is 1. The first-order chi connectivity index (χ1) is 14.5. The van der Waals surface area contributed by atoms with Crippen molar-refractivity contribution in [3.63, 3.8) is 0 Å². The molecule has 0 bridgehead atoms. The monoisotopic (exact) mass is 437 g/mol. The number of alkyl halides is 3. The van der Waals surface area contributed by atoms with E-state index in [-0.39, 0.29) is 35.0 Å². The molecular weight excluding hydrogens is 421 g/mol. The number of amides is 1. The van der Waals surface area contributed by atoms with Crippen molar-refractivity contribution in [2.45, 2.75) is 12.7 Å². The SMILES string of the molecule is CN(C)C(=O)c1cc(NCc2ccc(F)cc2F)nc(-c2cncc(C(F)(F)F)c2)n1. The van der Waals surface area contributed by atoms with E-state index in [2.05, 4.69) is 20.3 Å². The summed E-state index contributed by atoms with van der Waals surface area (Å²) in [7, 11) is 2.97. The maximum atomic E-state index is 13.9. The predicted molar refractivity (Wildman–Crippen MR) is 102 cm³/mol. The second kappa shape index (κ2) is 8.62. The number of halogens is 5. The van der Waals surface area contributed by atoms with E-state index in [4.69, 9.17) is 0 Å². The van der Waals surface area contributed by atoms with Crippen molar-refractivity contribution >= 4 is 11.7 Å². The number of rotatable bonds is 5. The Labute approximate surface area is 173 Å². The molecule has 0 aliphatic heterocycles. The van der Waals surface area contributed by atoms with Gasteiger partial charge in [0, 0.05) is 56.3 Å². The van der Waals surface area contributed by atoms with E-state index < -0.39 is 29.3 Å². The Kier molecular flexibility index (Phi) is 6.14. The molecule has 11 heteroatoms. The zero-order chi connectivity index (χ0) is 22.8. The molecule has 0 aliphatic carbocycles. The third-order valence-corrected chi connectivity index (χ3v) is 4.15. The third-order valence-electron chi connectivity index (χ3n) is 4.15. The fourth-order valence-electron chi connectivity index (χ4n) is 2.57. The summed E-state index contributed by atoms with van der Waals surface area (Å²) in [5.41, 5.74) is -1.02. The van der Waals surface area contributed by atoms with Gasteiger partial charge in [0.15, 0.2) is 5.82 Å². The number of carbonyl (C=O) groups is 1. The first kappa shape index (κ1) is 22.1. The van der Waals surface area contributed by atoms with Crippen LogP contribution in [-0.2, 0) is 12.7 Å². The van der Waals surface area contributed by atoms with Crippen LogP contribution in [0.4, 0.5) is 27.8 Å². The van der Waals surface area contributed by atoms with Crippen molar-refractivity contribution in [3.8, 4) is 11.4 Å². The summed E-state index contributed by atoms with van der Waals surface area (Å²) in [5, 5.41) is 2.78. The number of hydrogen-bond donors (Lipinski definition) is 1. The lowest BCUT2D eigenvalue weighted by Gasteiger charge is -2.14. The molecule has 0 saturated carbocycles. The van der Waals surface area contributed by atoms with E-state index in [0.29, 0.717) is 6.20 Å². The number of benzene rings is 1. The average Bonchev–Trinajstić information content (AvgIpc) is 2.71. The Morgan fingerprint density at radius 1 is 1.06 bits per heavy atom. The summed E-state index contributed by atoms with van der Waals surface area (Å²) in [4.78, 5) is 25.4. The molecule has 3 rings (SSSR count). The van der Waals surface area contributed by atoms with E-state index >= 15 is 0 Å². The average molecular weight is 437 g/mol. The Hall–Kier alpha value is -3.63. The molecule has 0 atom stereocenters. The molecule has 2 aromatic heterocycles. The third kappa shape index (κ3) is 5.30. The summed E-state index contributed by atoms with van der Waals surface area (Å²) >= 11 is 0. The molecule has 0 radical (unpaired) electrons. The van der Waals surface area contributed by atoms with Gasteiger partial charge in [0.1, 0.15) is 23.1 Å². The smallest absolute Gasteiger partial charge is 0.366 e. The van der Waals surface area contributed by atoms with Gasteiger partial charge in [0.25, 0.3) is 5.91 Å². The number of hydrogen-bond acceptors (Lipinski definition) is 5. The van der Waals surface area contributed by atoms with Crippen molar-refractivity contribution in [1.29, 1.82) is 0 Å². The van der Waals surface area contributed by atoms with Crippen molar-refractivity contribution in [2.24, 2.45) is 0 Å². The number of nitrogens with one attached hydrogen (secondary N) is 1. The van der Waals surface area contributed by atoms with Crippen molar-refractivity contribution < 1.29 is 26.7 Å². The van der Waals surface area contributed by atoms with Crippen molar-refractivity contribution in [2.75, 3.05) is 19.4 Å². The van der Waals surface area contributed by atoms with Gasteiger partial charge in [0.2, 0.25) is 0 Å². The standard InChI is InChI=1S/C20H16F5N5O/c1-30(2)19(31)16-7-17(27-9-11-3-4-14(21)6-15(11)22)29-18(28-16)12-5-13(10-26-8-12)20(23,24)25/h3-8,10H,9H2,1-2H3,(H,27,28,29). The molecule has 0 unspecified atom stereocenters. The van der Waals surface area contributed by atoms with E-state index in [1.165, 1.54) is 31.1 Å². The van der Waals surface area contributed by atoms with Gasteiger partial charge in [-0.1, -0.05) is 6.07 Å². The number of pyridine rings is 1. The maximum absolute atomic E-state index is 13.9. The first-order valence-electron chi connectivity index (χ1n) is 8.86. The van der Waals surface area contributed by atoms with Crippen LogP contribution in [0.15, 0.2) is 42.7 Å². The maximum Gasteiger partial charge on any atom is 0.417 e. The summed E-state index contributed by atoms with van der Waals surface area (Å²) in [5.74, 6) is -2.14. The highest BCUT2D eigenvalue weighted by molar-refractivity contribution is 5.93. The highest BCUT2D eigenvalue weighted by Gasteiger charge is 2.31. The van der Waals surface area contributed by atoms with Crippen molar-refractivity contribution in [3.05, 3.63) is 71.2 Å². The van der Waals surface area contributed by atoms with Gasteiger partial charge >= 0.3 is 6.18 Å². The summed E-state index contributed by atoms with van der Waals surface area (Å²) in [6, 6.07) is 5.14. The molecule has 6 nitrogen and oxygen atoms in total. The lowest BCUT2D eigenvalue weighted by molar-refractivity contribution is -0.137. The molecule has 31 heavy (non-hydrogen) atoms. The Morgan fingerprint density at radius 2 is 1.81 bits per heavy atom. The summed E-state index contributed by atoms with van der Waals surface area (Å²) < 4.78 is 66.1. The fraction of sp³-hybridized carbons (Fsp3) is 0.200. The largest absolute Gasteiger partial charge is 0.417 e. The molecule has 0 aliphatic rings. The highest BCUT2D eigenvalue weighted by atomic mass is 19.4. The zero-order valence-electron chi connectivity index (χ0n) is 16.3. The number of aromatic nitrogens is 3. The topological polar surface area (TPSA) is 71.0 Å². The van der Waals surface area contributed by atoms with E-state index in [1.807, 2.05) is 0 Å². The van der Waals surface area contributed by atoms with Crippen LogP contribution in [-0.4, -0.2) is 39.9 Å². The van der Waals surface area contributed by atoms with Crippen LogP contribution in [0.25, 0.3) is 11.4 Å². The van der Waals surface area contributed by atoms with Gasteiger partial charge in [-0.25, -0.2) is 18.7 Å². The molecule has 1 N–H and O–H groups in total. The fourth-order valence-corrected chi connectivity index (χ4v) is 2.57. The molecule has 0 saturated heterocycles. The molecular formula is C20H16F5N5O. The summed E-state index contributed by atoms with van der Waals surface area (Å²) in [6.45, 7) is -0.112. The second-order valence-electron chi connectivity index (χ2n) is 6.71. The quantitative estimate of drug-likeness (QED) is 0.608. The molecule has 1 amide bonds. The van der Waals surface area contributed by atoms with Gasteiger partial charge in [-0.05, 0) is 12.1 Å². The minimum atomic E-state index is -4.62. The molecule has 162 valence electrons. The van der Waals surface area contributed by atoms with Crippen LogP contribution in [0.1, 0.15) is 21.6 Å². The van der Waals surface area contributed by atoms with Crippen LogP contribution in [0.5, 0.6) is 0 Å². The highest BCUT2D eigenvalue weighted by Crippen LogP contribution is 2.31. The molecule has 0 spiro atoms. The van der Waals surface area contributed by atoms with Crippen LogP contribution >= 0.6 is 0 Å². The number of nitrogens with zero attached hydrogens (tertiary/aromatic N) is 4. The van der Waals surface area contributed by atoms with Crippen molar-refractivity contribution in [1.82, 2.24) is 19.9 Å². The first-order valence-corrected chi connectivity index (χ1v) is 8.86. The lowest BCUT2D eigenvalue weighted by atomic mass is 10.2. The van der Waals surface area contributed by atoms with Gasteiger partial charge in [-0.2, -0.15) is 13.2 Å². The molecule has 1 aromatic carbocycles. The van der Waals surface area contributed by atoms with Gasteiger partial charge in [0.05, 0.1) is 5.56 Å². The minimum Gasteiger partial charge on any atom is -0.366 e. The lowest BCUT2D eigenvalue weighted by Crippen LogP contribution is -2.23. The van der Waals surface area contributed by atoms with E-state index in [1.54, 1.807) is 0 Å². The minimum absolute atomic E-state index is 0.0563. The zero-order valence-corrected chi connectivity index (χ0v) is 16.3. The van der Waals surface area contributed by atoms with Crippen LogP contribution in [0.2, 0.25) is 0 Å². The van der Waals surface area contributed by atoms with Crippen LogP contribution < -0.4 is 5.32 Å². The summed E-state index contributed by atoms with van der Waals surface area (Å²) in [6.07, 6.45) is -2.83. The molecule has 3 aromatic rings. The van der Waals surface area contributed by atoms with Gasteiger partial charge in [-0.3, -0.25) is 9.78 Å². The van der Waals surface area contributed by atoms with E-state index in [0.717, 1.165) is 24.4 Å². The second-order valence-corrected chi connectivity index (χ2v) is 6.71.